The Balaban J connectivity index is 1.74. The lowest BCUT2D eigenvalue weighted by Gasteiger charge is -2.38. The van der Waals surface area contributed by atoms with E-state index in [1.54, 1.807) is 0 Å². The zero-order valence-electron chi connectivity index (χ0n) is 21.9. The third kappa shape index (κ3) is 4.85. The summed E-state index contributed by atoms with van der Waals surface area (Å²) in [7, 11) is 0. The molecule has 5 atom stereocenters. The summed E-state index contributed by atoms with van der Waals surface area (Å²) in [6.45, 7) is 1.35. The van der Waals surface area contributed by atoms with E-state index in [0.29, 0.717) is 0 Å². The van der Waals surface area contributed by atoms with Crippen molar-refractivity contribution in [3.8, 4) is 57.3 Å². The molecule has 4 aromatic rings. The molecule has 10 N–H and O–H groups in total. The molecule has 0 aliphatic carbocycles. The summed E-state index contributed by atoms with van der Waals surface area (Å²) in [6, 6.07) is 5.50. The van der Waals surface area contributed by atoms with Crippen molar-refractivity contribution in [3.05, 3.63) is 57.7 Å². The van der Waals surface area contributed by atoms with Crippen LogP contribution in [-0.2, 0) is 4.74 Å². The van der Waals surface area contributed by atoms with Gasteiger partial charge in [-0.3, -0.25) is 9.59 Å². The molecule has 1 saturated heterocycles. The highest BCUT2D eigenvalue weighted by Gasteiger charge is 2.44. The number of fused-ring (bicyclic) bond motifs is 1. The molecule has 15 nitrogen and oxygen atoms in total. The number of benzene rings is 3. The minimum absolute atomic E-state index is 0.0857. The molecule has 5 rings (SSSR count). The number of aromatic hydroxyl groups is 7. The molecule has 43 heavy (non-hydrogen) atoms. The Kier molecular flexibility index (Phi) is 7.19. The van der Waals surface area contributed by atoms with E-state index in [1.807, 2.05) is 0 Å². The fraction of sp³-hybridized carbons (Fsp3) is 0.214. The quantitative estimate of drug-likeness (QED) is 0.112. The van der Waals surface area contributed by atoms with Crippen molar-refractivity contribution in [1.82, 2.24) is 0 Å². The minimum atomic E-state index is -1.90. The first-order chi connectivity index (χ1) is 20.2. The average molecular weight is 600 g/mol. The number of phenolic OH excluding ortho intramolecular Hbond substituents is 7. The van der Waals surface area contributed by atoms with Gasteiger partial charge in [-0.1, -0.05) is 0 Å². The van der Waals surface area contributed by atoms with Gasteiger partial charge >= 0.3 is 0 Å². The molecule has 226 valence electrons. The van der Waals surface area contributed by atoms with E-state index in [2.05, 4.69) is 0 Å². The third-order valence-electron chi connectivity index (χ3n) is 6.93. The molecule has 2 heterocycles. The van der Waals surface area contributed by atoms with E-state index in [9.17, 15) is 60.7 Å². The van der Waals surface area contributed by atoms with Gasteiger partial charge < -0.3 is 65.0 Å². The molecule has 0 saturated carbocycles. The summed E-state index contributed by atoms with van der Waals surface area (Å²) >= 11 is 0. The lowest BCUT2D eigenvalue weighted by Crippen LogP contribution is -2.58. The van der Waals surface area contributed by atoms with Crippen molar-refractivity contribution in [3.63, 3.8) is 0 Å². The summed E-state index contributed by atoms with van der Waals surface area (Å²) in [5, 5.41) is 101. The molecule has 0 amide bonds. The van der Waals surface area contributed by atoms with Crippen molar-refractivity contribution >= 4 is 16.8 Å². The number of aliphatic hydroxyl groups excluding tert-OH is 3. The van der Waals surface area contributed by atoms with Crippen molar-refractivity contribution in [2.24, 2.45) is 0 Å². The molecule has 0 spiro atoms. The fourth-order valence-electron chi connectivity index (χ4n) is 4.60. The highest BCUT2D eigenvalue weighted by molar-refractivity contribution is 6.15. The Labute approximate surface area is 239 Å². The molecule has 1 fully saturated rings. The van der Waals surface area contributed by atoms with Crippen molar-refractivity contribution in [2.45, 2.75) is 37.6 Å². The van der Waals surface area contributed by atoms with Crippen molar-refractivity contribution < 1.29 is 69.8 Å². The maximum atomic E-state index is 13.9. The van der Waals surface area contributed by atoms with E-state index in [4.69, 9.17) is 13.9 Å². The number of carbonyl (C=O) groups is 1. The van der Waals surface area contributed by atoms with E-state index in [-0.39, 0.29) is 5.56 Å². The van der Waals surface area contributed by atoms with Gasteiger partial charge in [0.2, 0.25) is 23.3 Å². The molecule has 0 bridgehead atoms. The topological polar surface area (TPSA) is 268 Å². The van der Waals surface area contributed by atoms with Gasteiger partial charge in [-0.25, -0.2) is 0 Å². The van der Waals surface area contributed by atoms with Crippen molar-refractivity contribution in [1.29, 1.82) is 0 Å². The molecule has 3 aromatic carbocycles. The number of ketones is 1. The third-order valence-corrected chi connectivity index (χ3v) is 6.93. The second kappa shape index (κ2) is 10.6. The first-order valence-electron chi connectivity index (χ1n) is 12.4. The Morgan fingerprint density at radius 2 is 1.42 bits per heavy atom. The van der Waals surface area contributed by atoms with Gasteiger partial charge in [0, 0.05) is 17.2 Å². The van der Waals surface area contributed by atoms with Crippen LogP contribution in [0.4, 0.5) is 0 Å². The number of phenols is 7. The average Bonchev–Trinajstić information content (AvgIpc) is 2.95. The molecule has 0 radical (unpaired) electrons. The van der Waals surface area contributed by atoms with Crippen LogP contribution in [0, 0.1) is 0 Å². The van der Waals surface area contributed by atoms with E-state index >= 15 is 0 Å². The Bertz CT molecular complexity index is 1800. The van der Waals surface area contributed by atoms with Gasteiger partial charge in [0.05, 0.1) is 6.10 Å². The minimum Gasteiger partial charge on any atom is -0.507 e. The summed E-state index contributed by atoms with van der Waals surface area (Å²) in [4.78, 5) is 27.1. The first-order valence-corrected chi connectivity index (χ1v) is 12.4. The molecule has 1 aliphatic heterocycles. The van der Waals surface area contributed by atoms with Gasteiger partial charge in [-0.05, 0) is 37.3 Å². The molecule has 15 heteroatoms. The van der Waals surface area contributed by atoms with Gasteiger partial charge in [-0.2, -0.15) is 0 Å². The Morgan fingerprint density at radius 3 is 2.05 bits per heavy atom. The van der Waals surface area contributed by atoms with Crippen LogP contribution in [0.5, 0.6) is 46.0 Å². The molecular formula is C28H24O15. The van der Waals surface area contributed by atoms with Crippen LogP contribution in [0.3, 0.4) is 0 Å². The van der Waals surface area contributed by atoms with Crippen LogP contribution in [0.1, 0.15) is 22.8 Å². The van der Waals surface area contributed by atoms with Crippen LogP contribution < -0.4 is 10.2 Å². The summed E-state index contributed by atoms with van der Waals surface area (Å²) < 4.78 is 16.8. The predicted molar refractivity (Wildman–Crippen MR) is 142 cm³/mol. The molecule has 0 unspecified atom stereocenters. The molecule has 1 aromatic heterocycles. The summed E-state index contributed by atoms with van der Waals surface area (Å²) in [5.74, 6) is -8.38. The predicted octanol–water partition coefficient (Wildman–Crippen LogP) is 0.837. The number of aliphatic hydroxyl groups is 3. The van der Waals surface area contributed by atoms with Gasteiger partial charge in [0.15, 0.2) is 34.5 Å². The smallest absolute Gasteiger partial charge is 0.239 e. The Morgan fingerprint density at radius 1 is 0.767 bits per heavy atom. The normalized spacial score (nSPS) is 22.0. The number of hydrogen-bond acceptors (Lipinski definition) is 15. The molecule has 1 aliphatic rings. The van der Waals surface area contributed by atoms with E-state index < -0.39 is 116 Å². The van der Waals surface area contributed by atoms with Crippen molar-refractivity contribution in [2.75, 3.05) is 0 Å². The highest BCUT2D eigenvalue weighted by atomic mass is 16.7. The van der Waals surface area contributed by atoms with Gasteiger partial charge in [0.25, 0.3) is 0 Å². The van der Waals surface area contributed by atoms with Crippen LogP contribution in [0.2, 0.25) is 0 Å². The fourth-order valence-corrected chi connectivity index (χ4v) is 4.60. The Hall–Kier alpha value is -5.22. The van der Waals surface area contributed by atoms with Gasteiger partial charge in [0.1, 0.15) is 46.3 Å². The second-order valence-corrected chi connectivity index (χ2v) is 9.78. The van der Waals surface area contributed by atoms with Crippen LogP contribution in [-0.4, -0.2) is 87.6 Å². The maximum absolute atomic E-state index is 13.9. The summed E-state index contributed by atoms with van der Waals surface area (Å²) in [6.07, 6.45) is -8.07. The second-order valence-electron chi connectivity index (χ2n) is 9.78. The van der Waals surface area contributed by atoms with Crippen LogP contribution in [0.15, 0.2) is 45.6 Å². The number of hydrogen-bond donors (Lipinski definition) is 10. The lowest BCUT2D eigenvalue weighted by molar-refractivity contribution is -0.268. The zero-order valence-corrected chi connectivity index (χ0v) is 21.9. The number of rotatable bonds is 5. The zero-order chi connectivity index (χ0) is 31.5. The number of carbonyl (C=O) groups excluding carboxylic acids is 1. The largest absolute Gasteiger partial charge is 0.507 e. The monoisotopic (exact) mass is 600 g/mol. The standard InChI is InChI=1S/C28H24O15/c1-8-19(34)24(39)25(40)28(41-8)43-27-23(38)18-16(42-26(27)9-2-3-11(29)12(30)4-9)7-13(31)17(22(18)37)20(35)10-5-14(32)21(36)15(33)6-10/h2-8,19,24-25,28-34,36-37,39-40H,1H3/t8-,19-,24+,25+,28-/m0/s1. The lowest BCUT2D eigenvalue weighted by atomic mass is 9.98. The van der Waals surface area contributed by atoms with Gasteiger partial charge in [-0.15, -0.1) is 0 Å². The molecular weight excluding hydrogens is 576 g/mol. The SMILES string of the molecule is C[C@@H]1O[C@@H](Oc2c(-c3ccc(O)c(O)c3)oc3cc(O)c(C(=O)c4cc(O)c(O)c(O)c4)c(O)c3c2=O)[C@H](O)[C@H](O)[C@H]1O. The first kappa shape index (κ1) is 29.3. The van der Waals surface area contributed by atoms with Crippen LogP contribution >= 0.6 is 0 Å². The maximum Gasteiger partial charge on any atom is 0.239 e. The van der Waals surface area contributed by atoms with E-state index in [0.717, 1.165) is 30.3 Å². The highest BCUT2D eigenvalue weighted by Crippen LogP contribution is 2.43. The van der Waals surface area contributed by atoms with Crippen LogP contribution in [0.25, 0.3) is 22.3 Å². The summed E-state index contributed by atoms with van der Waals surface area (Å²) in [5.41, 5.74) is -3.16. The van der Waals surface area contributed by atoms with E-state index in [1.165, 1.54) is 13.0 Å². The number of ether oxygens (including phenoxy) is 2.